The monoisotopic (exact) mass is 942 g/mol. The minimum atomic E-state index is -3.93. The van der Waals surface area contributed by atoms with Crippen molar-refractivity contribution in [3.8, 4) is 0 Å². The number of amides is 3. The highest BCUT2D eigenvalue weighted by Crippen LogP contribution is 2.46. The predicted molar refractivity (Wildman–Crippen MR) is 262 cm³/mol. The third-order valence-electron chi connectivity index (χ3n) is 12.6. The average Bonchev–Trinajstić information content (AvgIpc) is 3.64. The van der Waals surface area contributed by atoms with Crippen molar-refractivity contribution in [2.75, 3.05) is 19.7 Å². The first-order chi connectivity index (χ1) is 31.0. The molecule has 14 heteroatoms. The van der Waals surface area contributed by atoms with Crippen LogP contribution < -0.4 is 10.6 Å². The summed E-state index contributed by atoms with van der Waals surface area (Å²) in [4.78, 5) is 62.6. The van der Waals surface area contributed by atoms with E-state index in [1.54, 1.807) is 6.92 Å². The van der Waals surface area contributed by atoms with Crippen molar-refractivity contribution < 1.29 is 43.0 Å². The number of carbonyl (C=O) groups excluding carboxylic acids is 4. The van der Waals surface area contributed by atoms with Gasteiger partial charge in [0.05, 0.1) is 19.1 Å². The summed E-state index contributed by atoms with van der Waals surface area (Å²) >= 11 is 5.35. The molecule has 4 atom stereocenters. The summed E-state index contributed by atoms with van der Waals surface area (Å²) in [7, 11) is 0. The number of rotatable bonds is 42. The molecule has 4 unspecified atom stereocenters. The molecule has 2 rings (SSSR count). The van der Waals surface area contributed by atoms with Crippen LogP contribution in [0.4, 0.5) is 0 Å². The van der Waals surface area contributed by atoms with Crippen LogP contribution in [0.25, 0.3) is 0 Å². The second kappa shape index (κ2) is 37.3. The number of Topliss-reactive ketones (excluding diaryl/α,β-unsaturated/α-hetero) is 1. The predicted octanol–water partition coefficient (Wildman–Crippen LogP) is 11.5. The van der Waals surface area contributed by atoms with E-state index in [0.29, 0.717) is 18.4 Å². The first-order valence-electron chi connectivity index (χ1n) is 26.0. The lowest BCUT2D eigenvalue weighted by atomic mass is 10.0. The summed E-state index contributed by atoms with van der Waals surface area (Å²) in [5.74, 6) is -0.941. The van der Waals surface area contributed by atoms with Gasteiger partial charge in [-0.3, -0.25) is 24.1 Å². The van der Waals surface area contributed by atoms with Gasteiger partial charge in [-0.25, -0.2) is 0 Å². The van der Waals surface area contributed by atoms with Crippen molar-refractivity contribution in [3.05, 3.63) is 11.8 Å². The Hall–Kier alpha value is -1.73. The SMILES string of the molecule is CCCCCCCCCCCCCCCCCC(=O)NCC(CNC(=O)CCCCCCCCCCCCCCCCC)OP(O)(=S)OCC1OC(N2C=C(C)C(=O)CC2=O)CC1O. The molecule has 0 aromatic rings. The summed E-state index contributed by atoms with van der Waals surface area (Å²) < 4.78 is 17.4. The second-order valence-electron chi connectivity index (χ2n) is 18.6. The third kappa shape index (κ3) is 29.1. The largest absolute Gasteiger partial charge is 0.390 e. The minimum Gasteiger partial charge on any atom is -0.390 e. The molecule has 372 valence electrons. The van der Waals surface area contributed by atoms with Crippen molar-refractivity contribution >= 4 is 42.0 Å². The molecule has 2 aliphatic heterocycles. The number of aliphatic hydroxyl groups excluding tert-OH is 1. The van der Waals surface area contributed by atoms with Gasteiger partial charge in [0.15, 0.2) is 5.78 Å². The van der Waals surface area contributed by atoms with Gasteiger partial charge in [0.2, 0.25) is 17.7 Å². The smallest absolute Gasteiger partial charge is 0.325 e. The van der Waals surface area contributed by atoms with Gasteiger partial charge in [0.25, 0.3) is 0 Å². The number of hydrogen-bond donors (Lipinski definition) is 4. The fourth-order valence-corrected chi connectivity index (χ4v) is 9.95. The third-order valence-corrected chi connectivity index (χ3v) is 14.3. The Morgan fingerprint density at radius 1 is 0.703 bits per heavy atom. The summed E-state index contributed by atoms with van der Waals surface area (Å²) in [6.07, 6.45) is 35.9. The van der Waals surface area contributed by atoms with E-state index in [2.05, 4.69) is 24.5 Å². The number of unbranched alkanes of at least 4 members (excludes halogenated alkanes) is 28. The van der Waals surface area contributed by atoms with E-state index >= 15 is 0 Å². The van der Waals surface area contributed by atoms with Crippen LogP contribution in [0.15, 0.2) is 11.8 Å². The Morgan fingerprint density at radius 2 is 1.08 bits per heavy atom. The maximum absolute atomic E-state index is 12.9. The number of nitrogens with one attached hydrogen (secondary N) is 2. The molecule has 0 bridgehead atoms. The second-order valence-corrected chi connectivity index (χ2v) is 21.4. The zero-order valence-electron chi connectivity index (χ0n) is 40.6. The molecule has 0 aromatic carbocycles. The number of ketones is 1. The van der Waals surface area contributed by atoms with Crippen LogP contribution in [0.2, 0.25) is 0 Å². The maximum Gasteiger partial charge on any atom is 0.325 e. The van der Waals surface area contributed by atoms with Gasteiger partial charge in [-0.05, 0) is 31.6 Å². The number of allylic oxidation sites excluding steroid dienone is 1. The van der Waals surface area contributed by atoms with Crippen LogP contribution in [0.3, 0.4) is 0 Å². The molecule has 2 aliphatic rings. The van der Waals surface area contributed by atoms with Crippen LogP contribution >= 0.6 is 6.72 Å². The van der Waals surface area contributed by atoms with Crippen LogP contribution in [0, 0.1) is 0 Å². The molecule has 0 saturated carbocycles. The van der Waals surface area contributed by atoms with E-state index in [9.17, 15) is 29.2 Å². The molecule has 0 aromatic heterocycles. The zero-order valence-corrected chi connectivity index (χ0v) is 42.3. The van der Waals surface area contributed by atoms with Gasteiger partial charge in [0, 0.05) is 44.1 Å². The normalized spacial score (nSPS) is 18.8. The average molecular weight is 942 g/mol. The quantitative estimate of drug-likeness (QED) is 0.0263. The van der Waals surface area contributed by atoms with Gasteiger partial charge in [-0.2, -0.15) is 0 Å². The van der Waals surface area contributed by atoms with Gasteiger partial charge in [-0.1, -0.05) is 194 Å². The van der Waals surface area contributed by atoms with E-state index < -0.39 is 37.2 Å². The van der Waals surface area contributed by atoms with Crippen LogP contribution in [0.1, 0.15) is 239 Å². The van der Waals surface area contributed by atoms with Gasteiger partial charge < -0.3 is 34.4 Å². The van der Waals surface area contributed by atoms with E-state index in [1.807, 2.05) is 0 Å². The lowest BCUT2D eigenvalue weighted by Crippen LogP contribution is -2.41. The number of carbonyl (C=O) groups is 4. The fourth-order valence-electron chi connectivity index (χ4n) is 8.48. The molecule has 64 heavy (non-hydrogen) atoms. The molecule has 2 heterocycles. The topological polar surface area (TPSA) is 164 Å². The fraction of sp³-hybridized carbons (Fsp3) is 0.880. The van der Waals surface area contributed by atoms with Gasteiger partial charge in [0.1, 0.15) is 18.4 Å². The lowest BCUT2D eigenvalue weighted by molar-refractivity contribution is -0.144. The molecule has 1 fully saturated rings. The summed E-state index contributed by atoms with van der Waals surface area (Å²) in [6.45, 7) is 1.94. The van der Waals surface area contributed by atoms with Crippen LogP contribution in [-0.2, 0) is 44.8 Å². The Labute approximate surface area is 394 Å². The minimum absolute atomic E-state index is 0.0191. The molecule has 3 amide bonds. The van der Waals surface area contributed by atoms with Crippen molar-refractivity contribution in [2.24, 2.45) is 0 Å². The summed E-state index contributed by atoms with van der Waals surface area (Å²) in [5.41, 5.74) is 0.423. The maximum atomic E-state index is 12.9. The van der Waals surface area contributed by atoms with E-state index in [-0.39, 0.29) is 50.1 Å². The van der Waals surface area contributed by atoms with Crippen molar-refractivity contribution in [1.29, 1.82) is 0 Å². The molecular weight excluding hydrogens is 850 g/mol. The van der Waals surface area contributed by atoms with Gasteiger partial charge in [-0.15, -0.1) is 0 Å². The number of nitrogens with zero attached hydrogens (tertiary/aromatic N) is 1. The highest BCUT2D eigenvalue weighted by Gasteiger charge is 2.41. The van der Waals surface area contributed by atoms with Crippen LogP contribution in [-0.4, -0.2) is 82.6 Å². The van der Waals surface area contributed by atoms with E-state index in [1.165, 1.54) is 165 Å². The number of aliphatic hydroxyl groups is 1. The Kier molecular flexibility index (Phi) is 34.0. The Morgan fingerprint density at radius 3 is 1.47 bits per heavy atom. The number of hydrogen-bond acceptors (Lipinski definition) is 9. The molecule has 12 nitrogen and oxygen atoms in total. The summed E-state index contributed by atoms with van der Waals surface area (Å²) in [5, 5.41) is 16.5. The van der Waals surface area contributed by atoms with Crippen molar-refractivity contribution in [1.82, 2.24) is 15.5 Å². The lowest BCUT2D eigenvalue weighted by Gasteiger charge is -2.29. The van der Waals surface area contributed by atoms with Crippen molar-refractivity contribution in [3.63, 3.8) is 0 Å². The van der Waals surface area contributed by atoms with E-state index in [0.717, 1.165) is 38.5 Å². The Bertz CT molecular complexity index is 1300. The molecule has 0 radical (unpaired) electrons. The van der Waals surface area contributed by atoms with Crippen LogP contribution in [0.5, 0.6) is 0 Å². The first kappa shape index (κ1) is 58.4. The standard InChI is InChI=1S/C50H92N3O9PS/c1-4-6-8-10-12-14-16-18-20-22-24-26-28-30-32-34-47(56)51-38-43(39-52-48(57)35-33-31-29-27-25-23-21-19-17-15-13-11-9-7-5-2)62-63(59,64)60-41-46-45(55)37-50(61-46)53-40-42(3)44(54)36-49(53)58/h40,43,45-46,50,55H,4-39,41H2,1-3H3,(H,51,56)(H,52,57)(H,59,64). The molecule has 0 aliphatic carbocycles. The number of ether oxygens (including phenoxy) is 1. The highest BCUT2D eigenvalue weighted by molar-refractivity contribution is 8.07. The first-order valence-corrected chi connectivity index (χ1v) is 28.6. The molecule has 4 N–H and O–H groups in total. The molecule has 0 spiro atoms. The van der Waals surface area contributed by atoms with Crippen molar-refractivity contribution in [2.45, 2.75) is 264 Å². The zero-order chi connectivity index (χ0) is 46.7. The highest BCUT2D eigenvalue weighted by atomic mass is 32.5. The van der Waals surface area contributed by atoms with E-state index in [4.69, 9.17) is 25.6 Å². The van der Waals surface area contributed by atoms with Gasteiger partial charge >= 0.3 is 6.72 Å². The molecular formula is C50H92N3O9PS. The molecule has 1 saturated heterocycles. The summed E-state index contributed by atoms with van der Waals surface area (Å²) in [6, 6.07) is 0. The Balaban J connectivity index is 1.72.